The number of fused-ring (bicyclic) bond motifs is 3. The summed E-state index contributed by atoms with van der Waals surface area (Å²) in [6.45, 7) is 5.41. The van der Waals surface area contributed by atoms with E-state index in [0.29, 0.717) is 11.8 Å². The zero-order chi connectivity index (χ0) is 20.9. The maximum absolute atomic E-state index is 12.9. The van der Waals surface area contributed by atoms with Crippen LogP contribution in [0.5, 0.6) is 5.75 Å². The van der Waals surface area contributed by atoms with E-state index < -0.39 is 12.1 Å². The smallest absolute Gasteiger partial charge is 0.258 e. The van der Waals surface area contributed by atoms with E-state index in [0.717, 1.165) is 22.0 Å². The minimum absolute atomic E-state index is 0.178. The van der Waals surface area contributed by atoms with Crippen molar-refractivity contribution >= 4 is 21.7 Å². The van der Waals surface area contributed by atoms with Gasteiger partial charge in [0.15, 0.2) is 0 Å². The second kappa shape index (κ2) is 6.72. The van der Waals surface area contributed by atoms with Crippen LogP contribution in [0.4, 0.5) is 0 Å². The zero-order valence-corrected chi connectivity index (χ0v) is 16.0. The number of ether oxygens (including phenoxy) is 1. The Balaban J connectivity index is 2.12. The highest BCUT2D eigenvalue weighted by atomic mass is 16.5. The van der Waals surface area contributed by atoms with Crippen LogP contribution in [0.1, 0.15) is 35.6 Å². The average molecular weight is 355 g/mol. The van der Waals surface area contributed by atoms with Gasteiger partial charge in [0, 0.05) is 24.2 Å². The van der Waals surface area contributed by atoms with Crippen molar-refractivity contribution in [2.24, 2.45) is 18.7 Å². The summed E-state index contributed by atoms with van der Waals surface area (Å²) in [5.41, 5.74) is 6.44. The molecule has 0 radical (unpaired) electrons. The molecule has 5 nitrogen and oxygen atoms in total. The van der Waals surface area contributed by atoms with Gasteiger partial charge in [0.25, 0.3) is 5.56 Å². The van der Waals surface area contributed by atoms with Gasteiger partial charge < -0.3 is 15.0 Å². The maximum atomic E-state index is 12.9. The molecular weight excluding hydrogens is 326 g/mol. The van der Waals surface area contributed by atoms with E-state index in [2.05, 4.69) is 4.98 Å². The van der Waals surface area contributed by atoms with Gasteiger partial charge in [-0.2, -0.15) is 0 Å². The summed E-state index contributed by atoms with van der Waals surface area (Å²) in [5.74, 6) is 0.501. The molecule has 2 heterocycles. The molecule has 0 fully saturated rings. The lowest BCUT2D eigenvalue weighted by Gasteiger charge is -2.26. The van der Waals surface area contributed by atoms with Crippen LogP contribution in [0.2, 0.25) is 0 Å². The molecule has 1 atom stereocenters. The molecule has 0 amide bonds. The fraction of sp³-hybridized carbons (Fsp3) is 0.429. The minimum atomic E-state index is -2.09. The van der Waals surface area contributed by atoms with Gasteiger partial charge in [-0.25, -0.2) is 0 Å². The highest BCUT2D eigenvalue weighted by Crippen LogP contribution is 2.27. The standard InChI is InChI=1S/C21H27N3O2/c1-13(2)11-21(4,22)12-26-15-6-7-16-17-8-9-23-14(3)19(17)24(5)20(25)18(16)10-15/h6-10,13H,11-12,22H2,1-5H3/i12D2. The van der Waals surface area contributed by atoms with Crippen molar-refractivity contribution in [3.63, 3.8) is 0 Å². The first-order valence-electron chi connectivity index (χ1n) is 9.80. The molecule has 0 aliphatic rings. The van der Waals surface area contributed by atoms with Crippen molar-refractivity contribution in [1.29, 1.82) is 0 Å². The Morgan fingerprint density at radius 1 is 1.31 bits per heavy atom. The predicted octanol–water partition coefficient (Wildman–Crippen LogP) is 3.54. The van der Waals surface area contributed by atoms with Crippen molar-refractivity contribution in [3.8, 4) is 5.75 Å². The summed E-state index contributed by atoms with van der Waals surface area (Å²) in [7, 11) is 1.71. The number of rotatable bonds is 5. The number of aromatic nitrogens is 2. The van der Waals surface area contributed by atoms with Gasteiger partial charge in [0.2, 0.25) is 0 Å². The van der Waals surface area contributed by atoms with Gasteiger partial charge in [-0.1, -0.05) is 13.8 Å². The number of benzene rings is 1. The highest BCUT2D eigenvalue weighted by molar-refractivity contribution is 6.06. The van der Waals surface area contributed by atoms with Crippen LogP contribution in [0, 0.1) is 12.8 Å². The van der Waals surface area contributed by atoms with Crippen LogP contribution in [0.15, 0.2) is 35.3 Å². The number of hydrogen-bond acceptors (Lipinski definition) is 4. The molecule has 1 aromatic carbocycles. The number of nitrogens with zero attached hydrogens (tertiary/aromatic N) is 2. The molecule has 0 saturated carbocycles. The van der Waals surface area contributed by atoms with Crippen LogP contribution < -0.4 is 16.0 Å². The molecule has 138 valence electrons. The number of aryl methyl sites for hydroxylation is 2. The Hall–Kier alpha value is -2.40. The summed E-state index contributed by atoms with van der Waals surface area (Å²) >= 11 is 0. The third-order valence-electron chi connectivity index (χ3n) is 4.49. The van der Waals surface area contributed by atoms with Crippen LogP contribution in [0.25, 0.3) is 21.7 Å². The summed E-state index contributed by atoms with van der Waals surface area (Å²) in [6.07, 6.45) is 2.18. The predicted molar refractivity (Wildman–Crippen MR) is 107 cm³/mol. The third kappa shape index (κ3) is 3.44. The zero-order valence-electron chi connectivity index (χ0n) is 18.0. The monoisotopic (exact) mass is 355 g/mol. The first-order valence-corrected chi connectivity index (χ1v) is 8.80. The van der Waals surface area contributed by atoms with Crippen molar-refractivity contribution in [1.82, 2.24) is 9.55 Å². The maximum Gasteiger partial charge on any atom is 0.258 e. The molecule has 3 aromatic rings. The fourth-order valence-corrected chi connectivity index (χ4v) is 3.55. The first kappa shape index (κ1) is 15.8. The molecule has 0 aliphatic carbocycles. The molecule has 0 spiro atoms. The van der Waals surface area contributed by atoms with E-state index in [1.54, 1.807) is 42.9 Å². The van der Waals surface area contributed by atoms with Crippen LogP contribution >= 0.6 is 0 Å². The Morgan fingerprint density at radius 2 is 2.04 bits per heavy atom. The molecular formula is C21H27N3O2. The SMILES string of the molecule is [2H]C([2H])(Oc1ccc2c(c1)c(=O)n(C)c1c(C)nccc21)C(C)(N)CC(C)C. The first-order chi connectivity index (χ1) is 12.9. The molecule has 0 aliphatic heterocycles. The quantitative estimate of drug-likeness (QED) is 0.711. The summed E-state index contributed by atoms with van der Waals surface area (Å²) in [5, 5.41) is 2.17. The number of nitrogens with two attached hydrogens (primary N) is 1. The van der Waals surface area contributed by atoms with E-state index in [4.69, 9.17) is 13.2 Å². The molecule has 0 bridgehead atoms. The Kier molecular flexibility index (Phi) is 4.09. The fourth-order valence-electron chi connectivity index (χ4n) is 3.55. The van der Waals surface area contributed by atoms with E-state index in [1.165, 1.54) is 0 Å². The third-order valence-corrected chi connectivity index (χ3v) is 4.49. The minimum Gasteiger partial charge on any atom is -0.492 e. The molecule has 2 aromatic heterocycles. The molecule has 26 heavy (non-hydrogen) atoms. The van der Waals surface area contributed by atoms with Gasteiger partial charge in [-0.05, 0) is 55.8 Å². The highest BCUT2D eigenvalue weighted by Gasteiger charge is 2.21. The normalized spacial score (nSPS) is 15.8. The van der Waals surface area contributed by atoms with Crippen molar-refractivity contribution in [2.75, 3.05) is 6.56 Å². The Morgan fingerprint density at radius 3 is 2.73 bits per heavy atom. The topological polar surface area (TPSA) is 70.1 Å². The molecule has 1 unspecified atom stereocenters. The Bertz CT molecular complexity index is 1100. The average Bonchev–Trinajstić information content (AvgIpc) is 2.58. The van der Waals surface area contributed by atoms with Crippen molar-refractivity contribution in [3.05, 3.63) is 46.5 Å². The van der Waals surface area contributed by atoms with Crippen LogP contribution in [-0.2, 0) is 7.05 Å². The summed E-state index contributed by atoms with van der Waals surface area (Å²) < 4.78 is 23.9. The lowest BCUT2D eigenvalue weighted by molar-refractivity contribution is 0.207. The van der Waals surface area contributed by atoms with Gasteiger partial charge in [-0.3, -0.25) is 9.78 Å². The van der Waals surface area contributed by atoms with Gasteiger partial charge in [-0.15, -0.1) is 0 Å². The molecule has 2 N–H and O–H groups in total. The summed E-state index contributed by atoms with van der Waals surface area (Å²) in [4.78, 5) is 17.2. The second-order valence-electron chi connectivity index (χ2n) is 7.58. The molecule has 0 saturated heterocycles. The van der Waals surface area contributed by atoms with Crippen LogP contribution in [0.3, 0.4) is 0 Å². The van der Waals surface area contributed by atoms with E-state index in [-0.39, 0.29) is 17.2 Å². The molecule has 5 heteroatoms. The van der Waals surface area contributed by atoms with E-state index in [9.17, 15) is 4.79 Å². The number of pyridine rings is 2. The Labute approximate surface area is 156 Å². The van der Waals surface area contributed by atoms with E-state index >= 15 is 0 Å². The lowest BCUT2D eigenvalue weighted by Crippen LogP contribution is -2.43. The molecule has 3 rings (SSSR count). The number of hydrogen-bond donors (Lipinski definition) is 1. The van der Waals surface area contributed by atoms with Crippen molar-refractivity contribution < 1.29 is 7.48 Å². The van der Waals surface area contributed by atoms with Crippen molar-refractivity contribution in [2.45, 2.75) is 39.7 Å². The van der Waals surface area contributed by atoms with Gasteiger partial charge in [0.05, 0.1) is 19.3 Å². The van der Waals surface area contributed by atoms with Gasteiger partial charge in [0.1, 0.15) is 12.3 Å². The lowest BCUT2D eigenvalue weighted by atomic mass is 9.93. The van der Waals surface area contributed by atoms with Gasteiger partial charge >= 0.3 is 0 Å². The summed E-state index contributed by atoms with van der Waals surface area (Å²) in [6, 6.07) is 6.94. The van der Waals surface area contributed by atoms with Crippen LogP contribution in [-0.4, -0.2) is 21.6 Å². The largest absolute Gasteiger partial charge is 0.492 e. The van der Waals surface area contributed by atoms with E-state index in [1.807, 2.05) is 26.8 Å². The second-order valence-corrected chi connectivity index (χ2v) is 7.58.